The van der Waals surface area contributed by atoms with Gasteiger partial charge in [-0.25, -0.2) is 8.78 Å². The summed E-state index contributed by atoms with van der Waals surface area (Å²) in [7, 11) is 0. The van der Waals surface area contributed by atoms with Crippen LogP contribution in [-0.2, 0) is 0 Å². The van der Waals surface area contributed by atoms with Crippen molar-refractivity contribution in [1.82, 2.24) is 0 Å². The Morgan fingerprint density at radius 1 is 1.50 bits per heavy atom. The van der Waals surface area contributed by atoms with Gasteiger partial charge in [0.1, 0.15) is 5.75 Å². The Bertz CT molecular complexity index is 384. The molecule has 0 spiro atoms. The van der Waals surface area contributed by atoms with Crippen LogP contribution in [0.15, 0.2) is 6.07 Å². The van der Waals surface area contributed by atoms with Gasteiger partial charge in [-0.3, -0.25) is 0 Å². The molecule has 1 aromatic carbocycles. The molecule has 1 heterocycles. The quantitative estimate of drug-likeness (QED) is 0.680. The highest BCUT2D eigenvalue weighted by atomic mass is 35.5. The Kier molecular flexibility index (Phi) is 2.33. The Hall–Kier alpha value is -0.870. The molecule has 2 N–H and O–H groups in total. The van der Waals surface area contributed by atoms with E-state index in [1.807, 2.05) is 0 Å². The van der Waals surface area contributed by atoms with Gasteiger partial charge in [-0.2, -0.15) is 0 Å². The molecule has 1 atom stereocenters. The first-order chi connectivity index (χ1) is 6.61. The summed E-state index contributed by atoms with van der Waals surface area (Å²) < 4.78 is 31.4. The zero-order valence-electron chi connectivity index (χ0n) is 7.19. The molecule has 0 saturated carbocycles. The van der Waals surface area contributed by atoms with Gasteiger partial charge in [-0.1, -0.05) is 11.6 Å². The number of benzene rings is 1. The number of rotatable bonds is 0. The molecule has 76 valence electrons. The van der Waals surface area contributed by atoms with E-state index in [4.69, 9.17) is 22.1 Å². The van der Waals surface area contributed by atoms with Gasteiger partial charge in [0.15, 0.2) is 11.6 Å². The summed E-state index contributed by atoms with van der Waals surface area (Å²) in [5.41, 5.74) is 5.68. The summed E-state index contributed by atoms with van der Waals surface area (Å²) in [6.45, 7) is 0.374. The predicted octanol–water partition coefficient (Wildman–Crippen LogP) is 2.40. The third-order valence-corrected chi connectivity index (χ3v) is 2.49. The minimum Gasteiger partial charge on any atom is -0.491 e. The maximum absolute atomic E-state index is 13.3. The van der Waals surface area contributed by atoms with Gasteiger partial charge in [0.2, 0.25) is 0 Å². The number of nitrogens with two attached hydrogens (primary N) is 1. The minimum absolute atomic E-state index is 0.0428. The van der Waals surface area contributed by atoms with E-state index in [9.17, 15) is 8.78 Å². The van der Waals surface area contributed by atoms with Crippen molar-refractivity contribution in [2.75, 3.05) is 6.61 Å². The standard InChI is InChI=1S/C9H8ClF2NO/c10-4-3-5(11)8(12)7-6(13)1-2-14-9(4)7/h3,6H,1-2,13H2/t6-/m1/s1. The third-order valence-electron chi connectivity index (χ3n) is 2.21. The molecular formula is C9H8ClF2NO. The van der Waals surface area contributed by atoms with E-state index in [1.165, 1.54) is 0 Å². The van der Waals surface area contributed by atoms with E-state index in [2.05, 4.69) is 0 Å². The van der Waals surface area contributed by atoms with Crippen LogP contribution >= 0.6 is 11.6 Å². The Balaban J connectivity index is 2.67. The molecule has 2 rings (SSSR count). The first-order valence-electron chi connectivity index (χ1n) is 4.17. The topological polar surface area (TPSA) is 35.2 Å². The average Bonchev–Trinajstić information content (AvgIpc) is 2.14. The van der Waals surface area contributed by atoms with Gasteiger partial charge in [-0.15, -0.1) is 0 Å². The molecule has 1 aromatic rings. The van der Waals surface area contributed by atoms with Crippen LogP contribution in [0.5, 0.6) is 5.75 Å². The molecule has 0 amide bonds. The van der Waals surface area contributed by atoms with Crippen LogP contribution in [0.3, 0.4) is 0 Å². The van der Waals surface area contributed by atoms with Crippen molar-refractivity contribution in [1.29, 1.82) is 0 Å². The molecule has 1 aliphatic rings. The summed E-state index contributed by atoms with van der Waals surface area (Å²) in [5.74, 6) is -1.78. The van der Waals surface area contributed by atoms with Crippen LogP contribution in [0.1, 0.15) is 18.0 Å². The van der Waals surface area contributed by atoms with Crippen LogP contribution in [0, 0.1) is 11.6 Å². The van der Waals surface area contributed by atoms with Crippen LogP contribution in [0.25, 0.3) is 0 Å². The second-order valence-corrected chi connectivity index (χ2v) is 3.55. The summed E-state index contributed by atoms with van der Waals surface area (Å²) in [5, 5.41) is 0.0639. The summed E-state index contributed by atoms with van der Waals surface area (Å²) >= 11 is 5.70. The lowest BCUT2D eigenvalue weighted by Crippen LogP contribution is -2.22. The lowest BCUT2D eigenvalue weighted by atomic mass is 10.0. The van der Waals surface area contributed by atoms with Crippen LogP contribution < -0.4 is 10.5 Å². The molecule has 0 bridgehead atoms. The summed E-state index contributed by atoms with van der Waals surface area (Å²) in [6.07, 6.45) is 0.462. The molecular weight excluding hydrogens is 212 g/mol. The van der Waals surface area contributed by atoms with Gasteiger partial charge in [-0.05, 0) is 6.07 Å². The van der Waals surface area contributed by atoms with Crippen molar-refractivity contribution >= 4 is 11.6 Å². The molecule has 0 radical (unpaired) electrons. The smallest absolute Gasteiger partial charge is 0.167 e. The molecule has 0 unspecified atom stereocenters. The average molecular weight is 220 g/mol. The fourth-order valence-corrected chi connectivity index (χ4v) is 1.76. The second-order valence-electron chi connectivity index (χ2n) is 3.14. The fraction of sp³-hybridized carbons (Fsp3) is 0.333. The summed E-state index contributed by atoms with van der Waals surface area (Å²) in [6, 6.07) is 0.347. The van der Waals surface area contributed by atoms with Gasteiger partial charge < -0.3 is 10.5 Å². The molecule has 0 aliphatic carbocycles. The summed E-state index contributed by atoms with van der Waals surface area (Å²) in [4.78, 5) is 0. The third kappa shape index (κ3) is 1.35. The highest BCUT2D eigenvalue weighted by Gasteiger charge is 2.27. The van der Waals surface area contributed by atoms with E-state index in [1.54, 1.807) is 0 Å². The Labute approximate surface area is 84.6 Å². The molecule has 0 saturated heterocycles. The maximum Gasteiger partial charge on any atom is 0.167 e. The number of hydrogen-bond acceptors (Lipinski definition) is 2. The highest BCUT2D eigenvalue weighted by molar-refractivity contribution is 6.32. The van der Waals surface area contributed by atoms with Gasteiger partial charge in [0.25, 0.3) is 0 Å². The van der Waals surface area contributed by atoms with Crippen molar-refractivity contribution in [3.63, 3.8) is 0 Å². The normalized spacial score (nSPS) is 20.1. The SMILES string of the molecule is N[C@@H]1CCOc2c(Cl)cc(F)c(F)c21. The van der Waals surface area contributed by atoms with Gasteiger partial charge >= 0.3 is 0 Å². The number of fused-ring (bicyclic) bond motifs is 1. The first-order valence-corrected chi connectivity index (χ1v) is 4.55. The van der Waals surface area contributed by atoms with Gasteiger partial charge in [0, 0.05) is 12.5 Å². The van der Waals surface area contributed by atoms with Crippen LogP contribution in [0.2, 0.25) is 5.02 Å². The van der Waals surface area contributed by atoms with E-state index in [0.717, 1.165) is 6.07 Å². The maximum atomic E-state index is 13.3. The van der Waals surface area contributed by atoms with Crippen LogP contribution in [0.4, 0.5) is 8.78 Å². The first kappa shape index (κ1) is 9.68. The Morgan fingerprint density at radius 3 is 2.93 bits per heavy atom. The van der Waals surface area contributed by atoms with E-state index in [-0.39, 0.29) is 16.3 Å². The van der Waals surface area contributed by atoms with Crippen LogP contribution in [-0.4, -0.2) is 6.61 Å². The zero-order valence-corrected chi connectivity index (χ0v) is 7.94. The van der Waals surface area contributed by atoms with E-state index >= 15 is 0 Å². The monoisotopic (exact) mass is 219 g/mol. The van der Waals surface area contributed by atoms with Gasteiger partial charge in [0.05, 0.1) is 17.2 Å². The van der Waals surface area contributed by atoms with Crippen molar-refractivity contribution in [2.45, 2.75) is 12.5 Å². The predicted molar refractivity (Wildman–Crippen MR) is 48.4 cm³/mol. The highest BCUT2D eigenvalue weighted by Crippen LogP contribution is 2.39. The lowest BCUT2D eigenvalue weighted by molar-refractivity contribution is 0.261. The number of hydrogen-bond donors (Lipinski definition) is 1. The second kappa shape index (κ2) is 3.37. The fourth-order valence-electron chi connectivity index (χ4n) is 1.51. The molecule has 1 aliphatic heterocycles. The van der Waals surface area contributed by atoms with E-state index < -0.39 is 17.7 Å². The van der Waals surface area contributed by atoms with Crippen molar-refractivity contribution < 1.29 is 13.5 Å². The largest absolute Gasteiger partial charge is 0.491 e. The van der Waals surface area contributed by atoms with Crippen molar-refractivity contribution in [2.24, 2.45) is 5.73 Å². The number of ether oxygens (including phenoxy) is 1. The minimum atomic E-state index is -0.991. The molecule has 0 aromatic heterocycles. The molecule has 2 nitrogen and oxygen atoms in total. The molecule has 5 heteroatoms. The van der Waals surface area contributed by atoms with Crippen molar-refractivity contribution in [3.8, 4) is 5.75 Å². The lowest BCUT2D eigenvalue weighted by Gasteiger charge is -2.24. The number of halogens is 3. The van der Waals surface area contributed by atoms with E-state index in [0.29, 0.717) is 13.0 Å². The molecule has 14 heavy (non-hydrogen) atoms. The zero-order chi connectivity index (χ0) is 10.3. The Morgan fingerprint density at radius 2 is 2.21 bits per heavy atom. The molecule has 0 fully saturated rings. The van der Waals surface area contributed by atoms with Crippen molar-refractivity contribution in [3.05, 3.63) is 28.3 Å².